The first-order valence-corrected chi connectivity index (χ1v) is 11.2. The van der Waals surface area contributed by atoms with Gasteiger partial charge in [0.2, 0.25) is 11.8 Å². The number of amides is 2. The van der Waals surface area contributed by atoms with Gasteiger partial charge in [0.25, 0.3) is 0 Å². The van der Waals surface area contributed by atoms with Crippen LogP contribution in [0.3, 0.4) is 0 Å². The Labute approximate surface area is 202 Å². The molecule has 0 bridgehead atoms. The largest absolute Gasteiger partial charge is 0.497 e. The summed E-state index contributed by atoms with van der Waals surface area (Å²) in [5.74, 6) is 1.03. The number of anilines is 1. The summed E-state index contributed by atoms with van der Waals surface area (Å²) in [4.78, 5) is 25.1. The fourth-order valence-corrected chi connectivity index (χ4v) is 4.40. The Bertz CT molecular complexity index is 1160. The Morgan fingerprint density at radius 3 is 2.41 bits per heavy atom. The third-order valence-corrected chi connectivity index (χ3v) is 6.21. The van der Waals surface area contributed by atoms with Crippen molar-refractivity contribution in [2.24, 2.45) is 0 Å². The number of carbonyl (C=O) groups excluding carboxylic acids is 2. The Kier molecular flexibility index (Phi) is 8.27. The van der Waals surface area contributed by atoms with Crippen LogP contribution in [-0.4, -0.2) is 46.0 Å². The van der Waals surface area contributed by atoms with Crippen molar-refractivity contribution in [1.82, 2.24) is 5.32 Å². The van der Waals surface area contributed by atoms with Crippen LogP contribution < -0.4 is 29.6 Å². The van der Waals surface area contributed by atoms with E-state index in [4.69, 9.17) is 18.9 Å². The van der Waals surface area contributed by atoms with Crippen molar-refractivity contribution in [2.75, 3.05) is 39.5 Å². The number of nitriles is 1. The highest BCUT2D eigenvalue weighted by atomic mass is 32.2. The predicted octanol–water partition coefficient (Wildman–Crippen LogP) is 3.43. The number of hydrogen-bond acceptors (Lipinski definition) is 8. The molecule has 0 aliphatic carbocycles. The van der Waals surface area contributed by atoms with Crippen molar-refractivity contribution in [2.45, 2.75) is 12.3 Å². The molecule has 0 fully saturated rings. The number of methoxy groups -OCH3 is 4. The second-order valence-electron chi connectivity index (χ2n) is 7.18. The van der Waals surface area contributed by atoms with Gasteiger partial charge < -0.3 is 29.6 Å². The van der Waals surface area contributed by atoms with E-state index in [2.05, 4.69) is 16.7 Å². The number of carbonyl (C=O) groups is 2. The Balaban J connectivity index is 1.80. The van der Waals surface area contributed by atoms with Gasteiger partial charge in [0.05, 0.1) is 56.6 Å². The zero-order chi connectivity index (χ0) is 24.7. The SMILES string of the molecule is COc1ccc(OC)c(NC(=O)CSC2=C(C#N)[C@@H](c3ccc(OC)c(OC)c3)CC(=O)N2)c1. The lowest BCUT2D eigenvalue weighted by atomic mass is 9.87. The van der Waals surface area contributed by atoms with E-state index >= 15 is 0 Å². The number of thioether (sulfide) groups is 1. The van der Waals surface area contributed by atoms with Crippen molar-refractivity contribution in [1.29, 1.82) is 5.26 Å². The summed E-state index contributed by atoms with van der Waals surface area (Å²) < 4.78 is 21.1. The Morgan fingerprint density at radius 1 is 1.06 bits per heavy atom. The lowest BCUT2D eigenvalue weighted by Gasteiger charge is -2.25. The minimum atomic E-state index is -0.470. The number of ether oxygens (including phenoxy) is 4. The molecule has 2 N–H and O–H groups in total. The van der Waals surface area contributed by atoms with E-state index in [-0.39, 0.29) is 24.0 Å². The van der Waals surface area contributed by atoms with Crippen LogP contribution in [0.5, 0.6) is 23.0 Å². The summed E-state index contributed by atoms with van der Waals surface area (Å²) in [7, 11) is 6.09. The zero-order valence-electron chi connectivity index (χ0n) is 19.3. The van der Waals surface area contributed by atoms with Gasteiger partial charge in [-0.1, -0.05) is 17.8 Å². The lowest BCUT2D eigenvalue weighted by Crippen LogP contribution is -2.31. The summed E-state index contributed by atoms with van der Waals surface area (Å²) in [6.07, 6.45) is 0.107. The van der Waals surface area contributed by atoms with Gasteiger partial charge in [0.15, 0.2) is 11.5 Å². The second kappa shape index (κ2) is 11.3. The number of nitrogens with one attached hydrogen (secondary N) is 2. The van der Waals surface area contributed by atoms with Gasteiger partial charge in [-0.25, -0.2) is 0 Å². The fourth-order valence-electron chi connectivity index (χ4n) is 3.52. The topological polar surface area (TPSA) is 119 Å². The van der Waals surface area contributed by atoms with Crippen LogP contribution in [0, 0.1) is 11.3 Å². The van der Waals surface area contributed by atoms with Crippen molar-refractivity contribution in [3.8, 4) is 29.1 Å². The minimum Gasteiger partial charge on any atom is -0.497 e. The van der Waals surface area contributed by atoms with Crippen molar-refractivity contribution in [3.63, 3.8) is 0 Å². The van der Waals surface area contributed by atoms with Gasteiger partial charge in [-0.2, -0.15) is 5.26 Å². The van der Waals surface area contributed by atoms with E-state index in [1.807, 2.05) is 0 Å². The molecule has 0 saturated carbocycles. The molecule has 0 unspecified atom stereocenters. The molecule has 1 aliphatic heterocycles. The Morgan fingerprint density at radius 2 is 1.76 bits per heavy atom. The predicted molar refractivity (Wildman–Crippen MR) is 128 cm³/mol. The van der Waals surface area contributed by atoms with Gasteiger partial charge in [0, 0.05) is 18.4 Å². The van der Waals surface area contributed by atoms with Crippen molar-refractivity contribution in [3.05, 3.63) is 52.6 Å². The molecule has 1 heterocycles. The molecule has 1 aliphatic rings. The number of rotatable bonds is 9. The van der Waals surface area contributed by atoms with Gasteiger partial charge in [-0.05, 0) is 29.8 Å². The highest BCUT2D eigenvalue weighted by molar-refractivity contribution is 8.03. The van der Waals surface area contributed by atoms with Gasteiger partial charge >= 0.3 is 0 Å². The van der Waals surface area contributed by atoms with E-state index < -0.39 is 5.92 Å². The molecule has 0 spiro atoms. The van der Waals surface area contributed by atoms with Crippen LogP contribution in [0.15, 0.2) is 47.0 Å². The molecule has 10 heteroatoms. The maximum atomic E-state index is 12.6. The van der Waals surface area contributed by atoms with Crippen LogP contribution in [0.25, 0.3) is 0 Å². The molecule has 0 aromatic heterocycles. The number of benzene rings is 2. The van der Waals surface area contributed by atoms with E-state index in [1.165, 1.54) is 28.4 Å². The maximum absolute atomic E-state index is 12.6. The molecule has 2 aromatic carbocycles. The number of allylic oxidation sites excluding steroid dienone is 1. The molecule has 0 saturated heterocycles. The molecule has 178 valence electrons. The summed E-state index contributed by atoms with van der Waals surface area (Å²) in [6.45, 7) is 0. The van der Waals surface area contributed by atoms with Crippen LogP contribution >= 0.6 is 11.8 Å². The molecule has 0 radical (unpaired) electrons. The van der Waals surface area contributed by atoms with E-state index in [0.717, 1.165) is 17.3 Å². The molecule has 9 nitrogen and oxygen atoms in total. The first kappa shape index (κ1) is 24.8. The van der Waals surface area contributed by atoms with Gasteiger partial charge in [-0.3, -0.25) is 9.59 Å². The van der Waals surface area contributed by atoms with Crippen LogP contribution in [0.1, 0.15) is 17.9 Å². The smallest absolute Gasteiger partial charge is 0.234 e. The first-order valence-electron chi connectivity index (χ1n) is 10.2. The summed E-state index contributed by atoms with van der Waals surface area (Å²) >= 11 is 1.09. The van der Waals surface area contributed by atoms with Crippen molar-refractivity contribution >= 4 is 29.3 Å². The third-order valence-electron chi connectivity index (χ3n) is 5.19. The number of nitrogens with zero attached hydrogens (tertiary/aromatic N) is 1. The molecular formula is C24H25N3O6S. The Hall–Kier alpha value is -3.84. The highest BCUT2D eigenvalue weighted by Crippen LogP contribution is 2.39. The molecule has 2 aromatic rings. The maximum Gasteiger partial charge on any atom is 0.234 e. The van der Waals surface area contributed by atoms with Crippen LogP contribution in [-0.2, 0) is 9.59 Å². The highest BCUT2D eigenvalue weighted by Gasteiger charge is 2.30. The third kappa shape index (κ3) is 5.55. The van der Waals surface area contributed by atoms with Crippen LogP contribution in [0.4, 0.5) is 5.69 Å². The average molecular weight is 484 g/mol. The standard InChI is InChI=1S/C24H25N3O6S/c1-30-15-6-8-19(31-2)18(10-15)26-23(29)13-34-24-17(12-25)16(11-22(28)27-24)14-5-7-20(32-3)21(9-14)33-4/h5-10,16H,11,13H2,1-4H3,(H,26,29)(H,27,28)/t16-/m1/s1. The normalized spacial score (nSPS) is 15.1. The van der Waals surface area contributed by atoms with E-state index in [9.17, 15) is 14.9 Å². The second-order valence-corrected chi connectivity index (χ2v) is 8.16. The number of hydrogen-bond donors (Lipinski definition) is 2. The monoisotopic (exact) mass is 483 g/mol. The molecule has 2 amide bonds. The molecular weight excluding hydrogens is 458 g/mol. The molecule has 3 rings (SSSR count). The summed E-state index contributed by atoms with van der Waals surface area (Å²) in [6, 6.07) is 12.5. The summed E-state index contributed by atoms with van der Waals surface area (Å²) in [5.41, 5.74) is 1.58. The van der Waals surface area contributed by atoms with Crippen molar-refractivity contribution < 1.29 is 28.5 Å². The zero-order valence-corrected chi connectivity index (χ0v) is 20.1. The first-order chi connectivity index (χ1) is 16.4. The summed E-state index contributed by atoms with van der Waals surface area (Å²) in [5, 5.41) is 15.7. The minimum absolute atomic E-state index is 0.0280. The van der Waals surface area contributed by atoms with Gasteiger partial charge in [0.1, 0.15) is 11.5 Å². The lowest BCUT2D eigenvalue weighted by molar-refractivity contribution is -0.121. The van der Waals surface area contributed by atoms with E-state index in [1.54, 1.807) is 36.4 Å². The van der Waals surface area contributed by atoms with E-state index in [0.29, 0.717) is 39.3 Å². The quantitative estimate of drug-likeness (QED) is 0.557. The van der Waals surface area contributed by atoms with Gasteiger partial charge in [-0.15, -0.1) is 0 Å². The molecule has 34 heavy (non-hydrogen) atoms. The fraction of sp³-hybridized carbons (Fsp3) is 0.292. The average Bonchev–Trinajstić information content (AvgIpc) is 2.86. The molecule has 1 atom stereocenters. The van der Waals surface area contributed by atoms with Crippen LogP contribution in [0.2, 0.25) is 0 Å².